The molecule has 0 aromatic heterocycles. The minimum absolute atomic E-state index is 0.00945. The van der Waals surface area contributed by atoms with E-state index in [9.17, 15) is 19.5 Å². The molecule has 4 fully saturated rings. The van der Waals surface area contributed by atoms with Gasteiger partial charge >= 0.3 is 11.9 Å². The number of hydrogen-bond acceptors (Lipinski definition) is 6. The van der Waals surface area contributed by atoms with Gasteiger partial charge < -0.3 is 14.6 Å². The zero-order chi connectivity index (χ0) is 23.5. The molecular weight excluding hydrogens is 415 g/mol. The van der Waals surface area contributed by atoms with E-state index in [1.54, 1.807) is 0 Å². The summed E-state index contributed by atoms with van der Waals surface area (Å²) in [5, 5.41) is 10.2. The molecule has 3 unspecified atom stereocenters. The lowest BCUT2D eigenvalue weighted by Gasteiger charge is -2.65. The molecule has 4 aliphatic carbocycles. The molecule has 0 radical (unpaired) electrons. The molecule has 0 aliphatic heterocycles. The number of Topliss-reactive ketones (excluding diaryl/α,β-unsaturated/α-hetero) is 1. The van der Waals surface area contributed by atoms with Gasteiger partial charge in [0.05, 0.1) is 6.10 Å². The van der Waals surface area contributed by atoms with Crippen molar-refractivity contribution in [3.05, 3.63) is 0 Å². The topological polar surface area (TPSA) is 89.9 Å². The summed E-state index contributed by atoms with van der Waals surface area (Å²) in [6, 6.07) is 0. The highest BCUT2D eigenvalue weighted by Crippen LogP contribution is 2.70. The number of hydrogen-bond donors (Lipinski definition) is 1. The molecule has 0 spiro atoms. The van der Waals surface area contributed by atoms with Crippen molar-refractivity contribution in [2.24, 2.45) is 34.5 Å². The summed E-state index contributed by atoms with van der Waals surface area (Å²) in [5.41, 5.74) is -2.86. The molecule has 180 valence electrons. The van der Waals surface area contributed by atoms with E-state index in [4.69, 9.17) is 9.47 Å². The third-order valence-corrected chi connectivity index (χ3v) is 9.80. The van der Waals surface area contributed by atoms with Crippen molar-refractivity contribution >= 4 is 17.7 Å². The molecular formula is C25H37FO6. The van der Waals surface area contributed by atoms with Gasteiger partial charge in [0.2, 0.25) is 0 Å². The maximum absolute atomic E-state index is 17.6. The van der Waals surface area contributed by atoms with Crippen molar-refractivity contribution in [2.45, 2.75) is 96.9 Å². The summed E-state index contributed by atoms with van der Waals surface area (Å²) in [6.07, 6.45) is 3.60. The number of rotatable bonds is 4. The standard InChI is InChI=1S/C25H37FO6/c1-14(27)31-13-21(30)20-8-7-18-19-6-5-16-11-17(29)9-10-24(16,4)25(19,26)22(32-15(2)28)12-23(18,20)3/h16-20,22,29H,5-13H2,1-4H3/t16?,17-,18?,19?,20-,22+,23+,24+,25-/m1/s1. The molecule has 32 heavy (non-hydrogen) atoms. The van der Waals surface area contributed by atoms with Crippen LogP contribution in [0.4, 0.5) is 4.39 Å². The average Bonchev–Trinajstić information content (AvgIpc) is 3.04. The lowest BCUT2D eigenvalue weighted by Crippen LogP contribution is -2.70. The van der Waals surface area contributed by atoms with Gasteiger partial charge in [0.25, 0.3) is 0 Å². The first kappa shape index (κ1) is 23.7. The Hall–Kier alpha value is -1.50. The van der Waals surface area contributed by atoms with Crippen LogP contribution in [0.2, 0.25) is 0 Å². The van der Waals surface area contributed by atoms with Gasteiger partial charge in [0.15, 0.2) is 11.5 Å². The van der Waals surface area contributed by atoms with Gasteiger partial charge in [-0.15, -0.1) is 0 Å². The van der Waals surface area contributed by atoms with E-state index < -0.39 is 40.6 Å². The number of fused-ring (bicyclic) bond motifs is 5. The number of halogens is 1. The minimum Gasteiger partial charge on any atom is -0.459 e. The molecule has 0 bridgehead atoms. The maximum atomic E-state index is 17.6. The van der Waals surface area contributed by atoms with Gasteiger partial charge in [-0.25, -0.2) is 4.39 Å². The highest BCUT2D eigenvalue weighted by Gasteiger charge is 2.73. The molecule has 0 aromatic rings. The molecule has 0 amide bonds. The third-order valence-electron chi connectivity index (χ3n) is 9.80. The molecule has 9 atom stereocenters. The highest BCUT2D eigenvalue weighted by molar-refractivity contribution is 5.85. The zero-order valence-electron chi connectivity index (χ0n) is 19.7. The van der Waals surface area contributed by atoms with Crippen molar-refractivity contribution in [1.82, 2.24) is 0 Å². The number of esters is 2. The van der Waals surface area contributed by atoms with Gasteiger partial charge in [-0.05, 0) is 68.6 Å². The quantitative estimate of drug-likeness (QED) is 0.653. The Morgan fingerprint density at radius 2 is 1.69 bits per heavy atom. The lowest BCUT2D eigenvalue weighted by atomic mass is 9.42. The van der Waals surface area contributed by atoms with E-state index in [0.29, 0.717) is 38.5 Å². The number of aliphatic hydroxyl groups excluding tert-OH is 1. The first-order valence-electron chi connectivity index (χ1n) is 12.1. The normalized spacial score (nSPS) is 47.6. The maximum Gasteiger partial charge on any atom is 0.303 e. The Morgan fingerprint density at radius 1 is 1.00 bits per heavy atom. The molecule has 4 rings (SSSR count). The van der Waals surface area contributed by atoms with E-state index in [1.807, 2.05) is 13.8 Å². The van der Waals surface area contributed by atoms with E-state index >= 15 is 4.39 Å². The molecule has 0 aromatic carbocycles. The zero-order valence-corrected chi connectivity index (χ0v) is 19.7. The molecule has 0 heterocycles. The summed E-state index contributed by atoms with van der Waals surface area (Å²) in [6.45, 7) is 6.37. The Bertz CT molecular complexity index is 799. The molecule has 6 nitrogen and oxygen atoms in total. The fourth-order valence-electron chi connectivity index (χ4n) is 8.33. The van der Waals surface area contributed by atoms with Crippen LogP contribution in [0.3, 0.4) is 0 Å². The van der Waals surface area contributed by atoms with Crippen LogP contribution in [0.1, 0.15) is 79.1 Å². The average molecular weight is 453 g/mol. The van der Waals surface area contributed by atoms with Crippen LogP contribution in [0, 0.1) is 34.5 Å². The number of ketones is 1. The van der Waals surface area contributed by atoms with E-state index in [-0.39, 0.29) is 36.1 Å². The number of ether oxygens (including phenoxy) is 2. The summed E-state index contributed by atoms with van der Waals surface area (Å²) in [5.74, 6) is -1.70. The van der Waals surface area contributed by atoms with Crippen LogP contribution < -0.4 is 0 Å². The van der Waals surface area contributed by atoms with Crippen LogP contribution in [0.15, 0.2) is 0 Å². The number of alkyl halides is 1. The van der Waals surface area contributed by atoms with Gasteiger partial charge in [-0.3, -0.25) is 14.4 Å². The number of carbonyl (C=O) groups is 3. The largest absolute Gasteiger partial charge is 0.459 e. The summed E-state index contributed by atoms with van der Waals surface area (Å²) in [7, 11) is 0. The Balaban J connectivity index is 1.70. The second-order valence-electron chi connectivity index (χ2n) is 11.3. The van der Waals surface area contributed by atoms with Gasteiger partial charge in [0.1, 0.15) is 12.7 Å². The van der Waals surface area contributed by atoms with Crippen molar-refractivity contribution in [1.29, 1.82) is 0 Å². The van der Waals surface area contributed by atoms with Crippen LogP contribution in [-0.2, 0) is 23.9 Å². The van der Waals surface area contributed by atoms with Crippen LogP contribution in [0.5, 0.6) is 0 Å². The van der Waals surface area contributed by atoms with Crippen molar-refractivity contribution in [3.63, 3.8) is 0 Å². The fourth-order valence-corrected chi connectivity index (χ4v) is 8.33. The monoisotopic (exact) mass is 452 g/mol. The molecule has 1 N–H and O–H groups in total. The Labute approximate surface area is 189 Å². The first-order chi connectivity index (χ1) is 14.9. The second kappa shape index (κ2) is 8.07. The van der Waals surface area contributed by atoms with Crippen molar-refractivity contribution < 1.29 is 33.4 Å². The Kier molecular flexibility index (Phi) is 5.96. The van der Waals surface area contributed by atoms with Crippen molar-refractivity contribution in [2.75, 3.05) is 6.61 Å². The van der Waals surface area contributed by atoms with E-state index in [1.165, 1.54) is 13.8 Å². The third kappa shape index (κ3) is 3.41. The van der Waals surface area contributed by atoms with Crippen molar-refractivity contribution in [3.8, 4) is 0 Å². The van der Waals surface area contributed by atoms with Gasteiger partial charge in [-0.1, -0.05) is 13.8 Å². The first-order valence-corrected chi connectivity index (χ1v) is 12.1. The van der Waals surface area contributed by atoms with Gasteiger partial charge in [-0.2, -0.15) is 0 Å². The number of carbonyl (C=O) groups excluding carboxylic acids is 3. The van der Waals surface area contributed by atoms with Crippen LogP contribution >= 0.6 is 0 Å². The number of aliphatic hydroxyl groups is 1. The smallest absolute Gasteiger partial charge is 0.303 e. The second-order valence-corrected chi connectivity index (χ2v) is 11.3. The molecule has 4 saturated carbocycles. The molecule has 4 aliphatic rings. The van der Waals surface area contributed by atoms with E-state index in [0.717, 1.165) is 12.8 Å². The summed E-state index contributed by atoms with van der Waals surface area (Å²) >= 11 is 0. The minimum atomic E-state index is -1.68. The van der Waals surface area contributed by atoms with Gasteiger partial charge in [0, 0.05) is 31.1 Å². The SMILES string of the molecule is CC(=O)OCC(=O)[C@H]1CCC2C3CCC4C[C@H](O)CC[C@]4(C)[C@]3(F)[C@@H](OC(C)=O)C[C@@]21C. The van der Waals surface area contributed by atoms with Crippen LogP contribution in [-0.4, -0.2) is 47.3 Å². The van der Waals surface area contributed by atoms with E-state index in [2.05, 4.69) is 0 Å². The highest BCUT2D eigenvalue weighted by atomic mass is 19.1. The summed E-state index contributed by atoms with van der Waals surface area (Å²) in [4.78, 5) is 36.3. The fraction of sp³-hybridized carbons (Fsp3) is 0.880. The lowest BCUT2D eigenvalue weighted by molar-refractivity contribution is -0.255. The molecule has 0 saturated heterocycles. The Morgan fingerprint density at radius 3 is 2.34 bits per heavy atom. The molecule has 7 heteroatoms. The summed E-state index contributed by atoms with van der Waals surface area (Å²) < 4.78 is 28.3. The predicted molar refractivity (Wildman–Crippen MR) is 114 cm³/mol. The van der Waals surface area contributed by atoms with Crippen LogP contribution in [0.25, 0.3) is 0 Å². The predicted octanol–water partition coefficient (Wildman–Crippen LogP) is 3.77.